The third-order valence-electron chi connectivity index (χ3n) is 5.24. The molecular weight excluding hydrogens is 402 g/mol. The summed E-state index contributed by atoms with van der Waals surface area (Å²) in [5, 5.41) is 0. The Labute approximate surface area is 162 Å². The predicted molar refractivity (Wildman–Crippen MR) is 92.0 cm³/mol. The number of nitrogens with one attached hydrogen (secondary N) is 1. The van der Waals surface area contributed by atoms with Crippen molar-refractivity contribution in [3.8, 4) is 0 Å². The number of imidazole rings is 1. The van der Waals surface area contributed by atoms with Gasteiger partial charge in [-0.05, 0) is 18.8 Å². The number of rotatable bonds is 3. The van der Waals surface area contributed by atoms with E-state index >= 15 is 0 Å². The van der Waals surface area contributed by atoms with E-state index in [0.717, 1.165) is 6.92 Å². The highest BCUT2D eigenvalue weighted by atomic mass is 19.4. The fourth-order valence-corrected chi connectivity index (χ4v) is 4.00. The Morgan fingerprint density at radius 2 is 1.76 bits per heavy atom. The van der Waals surface area contributed by atoms with Crippen molar-refractivity contribution in [2.24, 2.45) is 10.4 Å². The number of H-pyrrole nitrogens is 1. The van der Waals surface area contributed by atoms with Crippen LogP contribution in [0.1, 0.15) is 39.3 Å². The summed E-state index contributed by atoms with van der Waals surface area (Å²) in [6, 6.07) is 0. The van der Waals surface area contributed by atoms with E-state index in [9.17, 15) is 31.1 Å². The monoisotopic (exact) mass is 422 g/mol. The van der Waals surface area contributed by atoms with Gasteiger partial charge in [0.1, 0.15) is 5.84 Å². The molecule has 0 saturated carbocycles. The molecule has 3 rings (SSSR count). The van der Waals surface area contributed by atoms with Crippen LogP contribution < -0.4 is 0 Å². The second-order valence-electron chi connectivity index (χ2n) is 8.11. The van der Waals surface area contributed by atoms with Crippen molar-refractivity contribution in [1.29, 1.82) is 0 Å². The Morgan fingerprint density at radius 1 is 1.14 bits per heavy atom. The van der Waals surface area contributed by atoms with Crippen LogP contribution in [-0.2, 0) is 11.2 Å². The van der Waals surface area contributed by atoms with Crippen molar-refractivity contribution < 1.29 is 31.1 Å². The molecule has 1 aliphatic carbocycles. The highest BCUT2D eigenvalue weighted by molar-refractivity contribution is 6.03. The number of hydrogen-bond donors (Lipinski definition) is 1. The van der Waals surface area contributed by atoms with Gasteiger partial charge < -0.3 is 9.88 Å². The second kappa shape index (κ2) is 6.60. The molecule has 1 aromatic heterocycles. The fourth-order valence-electron chi connectivity index (χ4n) is 4.00. The quantitative estimate of drug-likeness (QED) is 0.743. The van der Waals surface area contributed by atoms with Crippen LogP contribution in [-0.4, -0.2) is 50.9 Å². The van der Waals surface area contributed by atoms with Crippen molar-refractivity contribution in [1.82, 2.24) is 14.9 Å². The zero-order valence-electron chi connectivity index (χ0n) is 16.0. The Bertz CT molecular complexity index is 850. The van der Waals surface area contributed by atoms with Gasteiger partial charge in [-0.1, -0.05) is 13.8 Å². The van der Waals surface area contributed by atoms with E-state index in [1.807, 2.05) is 0 Å². The van der Waals surface area contributed by atoms with Crippen LogP contribution in [0.15, 0.2) is 28.8 Å². The number of nitrogens with zero attached hydrogens (tertiary/aromatic N) is 3. The highest BCUT2D eigenvalue weighted by Gasteiger charge is 2.76. The lowest BCUT2D eigenvalue weighted by Gasteiger charge is -2.47. The molecule has 0 radical (unpaired) electrons. The number of carbonyl (C=O) groups is 1. The van der Waals surface area contributed by atoms with Gasteiger partial charge in [0.2, 0.25) is 0 Å². The second-order valence-corrected chi connectivity index (χ2v) is 8.11. The summed E-state index contributed by atoms with van der Waals surface area (Å²) in [4.78, 5) is 23.7. The first-order valence-corrected chi connectivity index (χ1v) is 8.91. The molecule has 2 aliphatic rings. The standard InChI is InChI=1S/C18H20F6N4O/c1-10-27-16(17(19,20)21,18(22,23)24)14-12(6-15(2,3)7-13(14)29)28(10)5-4-11-8-25-9-26-11/h8-9H,4-7H2,1-3H3,(H,25,26). The van der Waals surface area contributed by atoms with Gasteiger partial charge >= 0.3 is 12.4 Å². The molecule has 160 valence electrons. The minimum Gasteiger partial charge on any atom is -0.348 e. The molecule has 11 heteroatoms. The maximum Gasteiger partial charge on any atom is 0.427 e. The molecule has 5 nitrogen and oxygen atoms in total. The van der Waals surface area contributed by atoms with Gasteiger partial charge in [-0.15, -0.1) is 0 Å². The molecule has 0 atom stereocenters. The van der Waals surface area contributed by atoms with Gasteiger partial charge in [-0.2, -0.15) is 26.3 Å². The van der Waals surface area contributed by atoms with Gasteiger partial charge in [-0.25, -0.2) is 9.98 Å². The molecule has 0 spiro atoms. The van der Waals surface area contributed by atoms with E-state index < -0.39 is 46.9 Å². The van der Waals surface area contributed by atoms with E-state index in [-0.39, 0.29) is 25.1 Å². The lowest BCUT2D eigenvalue weighted by Crippen LogP contribution is -2.63. The minimum absolute atomic E-state index is 0.0610. The van der Waals surface area contributed by atoms with E-state index in [1.54, 1.807) is 13.8 Å². The molecular formula is C18H20F6N4O. The zero-order valence-corrected chi connectivity index (χ0v) is 16.0. The number of halogens is 6. The number of Topliss-reactive ketones (excluding diaryl/α,β-unsaturated/α-hetero) is 1. The van der Waals surface area contributed by atoms with Crippen molar-refractivity contribution in [3.05, 3.63) is 29.5 Å². The molecule has 0 amide bonds. The summed E-state index contributed by atoms with van der Waals surface area (Å²) in [6.45, 7) is 4.46. The third-order valence-corrected chi connectivity index (χ3v) is 5.24. The molecule has 0 unspecified atom stereocenters. The molecule has 29 heavy (non-hydrogen) atoms. The average molecular weight is 422 g/mol. The van der Waals surface area contributed by atoms with Crippen LogP contribution in [0.5, 0.6) is 0 Å². The maximum absolute atomic E-state index is 13.9. The molecule has 0 saturated heterocycles. The summed E-state index contributed by atoms with van der Waals surface area (Å²) < 4.78 is 83.4. The van der Waals surface area contributed by atoms with Crippen LogP contribution in [0.25, 0.3) is 0 Å². The average Bonchev–Trinajstić information content (AvgIpc) is 3.03. The Balaban J connectivity index is 2.19. The Kier molecular flexibility index (Phi) is 4.86. The van der Waals surface area contributed by atoms with Gasteiger partial charge in [-0.3, -0.25) is 4.79 Å². The number of ketones is 1. The Morgan fingerprint density at radius 3 is 2.28 bits per heavy atom. The summed E-state index contributed by atoms with van der Waals surface area (Å²) >= 11 is 0. The van der Waals surface area contributed by atoms with Crippen LogP contribution in [0, 0.1) is 5.41 Å². The first-order valence-electron chi connectivity index (χ1n) is 8.91. The van der Waals surface area contributed by atoms with E-state index in [1.165, 1.54) is 17.4 Å². The summed E-state index contributed by atoms with van der Waals surface area (Å²) in [7, 11) is 0. The highest BCUT2D eigenvalue weighted by Crippen LogP contribution is 2.56. The van der Waals surface area contributed by atoms with Crippen molar-refractivity contribution >= 4 is 11.6 Å². The topological polar surface area (TPSA) is 61.4 Å². The number of alkyl halides is 6. The Hall–Kier alpha value is -2.33. The number of aliphatic imine (C=N–C) groups is 1. The van der Waals surface area contributed by atoms with E-state index in [2.05, 4.69) is 15.0 Å². The number of aromatic amines is 1. The maximum atomic E-state index is 13.9. The van der Waals surface area contributed by atoms with Crippen molar-refractivity contribution in [3.63, 3.8) is 0 Å². The summed E-state index contributed by atoms with van der Waals surface area (Å²) in [5.41, 5.74) is -6.22. The van der Waals surface area contributed by atoms with Crippen LogP contribution >= 0.6 is 0 Å². The molecule has 1 aliphatic heterocycles. The largest absolute Gasteiger partial charge is 0.427 e. The minimum atomic E-state index is -5.81. The van der Waals surface area contributed by atoms with Crippen LogP contribution in [0.2, 0.25) is 0 Å². The fraction of sp³-hybridized carbons (Fsp3) is 0.611. The number of allylic oxidation sites excluding steroid dienone is 1. The van der Waals surface area contributed by atoms with Gasteiger partial charge in [0.05, 0.1) is 11.9 Å². The van der Waals surface area contributed by atoms with E-state index in [4.69, 9.17) is 0 Å². The number of carbonyl (C=O) groups excluding carboxylic acids is 1. The molecule has 0 bridgehead atoms. The summed E-state index contributed by atoms with van der Waals surface area (Å²) in [6.07, 6.45) is -8.91. The molecule has 0 fully saturated rings. The first-order chi connectivity index (χ1) is 13.2. The lowest BCUT2D eigenvalue weighted by atomic mass is 9.69. The van der Waals surface area contributed by atoms with Crippen LogP contribution in [0.4, 0.5) is 26.3 Å². The molecule has 0 aromatic carbocycles. The van der Waals surface area contributed by atoms with Crippen molar-refractivity contribution in [2.45, 2.75) is 57.9 Å². The number of hydrogen-bond acceptors (Lipinski definition) is 4. The SMILES string of the molecule is CC1=NC(C(F)(F)F)(C(F)(F)F)C2=C(CC(C)(C)CC2=O)N1CCc1cnc[nH]1. The van der Waals surface area contributed by atoms with Gasteiger partial charge in [0.15, 0.2) is 5.78 Å². The van der Waals surface area contributed by atoms with Crippen LogP contribution in [0.3, 0.4) is 0 Å². The predicted octanol–water partition coefficient (Wildman–Crippen LogP) is 4.19. The first kappa shape index (κ1) is 21.4. The third kappa shape index (κ3) is 3.44. The molecule has 2 heterocycles. The smallest absolute Gasteiger partial charge is 0.348 e. The van der Waals surface area contributed by atoms with E-state index in [0.29, 0.717) is 5.69 Å². The van der Waals surface area contributed by atoms with Crippen molar-refractivity contribution in [2.75, 3.05) is 6.54 Å². The van der Waals surface area contributed by atoms with Gasteiger partial charge in [0, 0.05) is 37.0 Å². The molecule has 1 aromatic rings. The summed E-state index contributed by atoms with van der Waals surface area (Å²) in [5.74, 6) is -1.60. The number of amidine groups is 1. The normalized spacial score (nSPS) is 21.9. The van der Waals surface area contributed by atoms with Gasteiger partial charge in [0.25, 0.3) is 5.54 Å². The zero-order chi connectivity index (χ0) is 21.8. The number of aromatic nitrogens is 2. The molecule has 1 N–H and O–H groups in total. The lowest BCUT2D eigenvalue weighted by molar-refractivity contribution is -0.283.